The van der Waals surface area contributed by atoms with Gasteiger partial charge in [0.1, 0.15) is 0 Å². The molecular weight excluding hydrogens is 292 g/mol. The highest BCUT2D eigenvalue weighted by Crippen LogP contribution is 2.23. The van der Waals surface area contributed by atoms with Crippen molar-refractivity contribution in [2.24, 2.45) is 11.7 Å². The van der Waals surface area contributed by atoms with E-state index in [0.29, 0.717) is 18.5 Å². The number of hydrogen-bond acceptors (Lipinski definition) is 2. The number of piperidine rings is 1. The first-order chi connectivity index (χ1) is 8.61. The largest absolute Gasteiger partial charge is 0.336 e. The second kappa shape index (κ2) is 5.85. The van der Waals surface area contributed by atoms with E-state index < -0.39 is 0 Å². The summed E-state index contributed by atoms with van der Waals surface area (Å²) < 4.78 is 0.991. The second-order valence-electron chi connectivity index (χ2n) is 4.99. The SMILES string of the molecule is CC1CCC(CN)CN1C(=O)c1ccc(Br)cc1. The van der Waals surface area contributed by atoms with Gasteiger partial charge in [-0.05, 0) is 56.5 Å². The number of halogens is 1. The highest BCUT2D eigenvalue weighted by atomic mass is 79.9. The van der Waals surface area contributed by atoms with Crippen molar-refractivity contribution in [3.8, 4) is 0 Å². The Hall–Kier alpha value is -0.870. The molecule has 0 aromatic heterocycles. The van der Waals surface area contributed by atoms with E-state index in [1.165, 1.54) is 0 Å². The van der Waals surface area contributed by atoms with E-state index >= 15 is 0 Å². The van der Waals surface area contributed by atoms with E-state index in [-0.39, 0.29) is 5.91 Å². The summed E-state index contributed by atoms with van der Waals surface area (Å²) in [6, 6.07) is 7.85. The lowest BCUT2D eigenvalue weighted by Gasteiger charge is -2.37. The minimum absolute atomic E-state index is 0.119. The fourth-order valence-electron chi connectivity index (χ4n) is 2.42. The summed E-state index contributed by atoms with van der Waals surface area (Å²) >= 11 is 3.38. The van der Waals surface area contributed by atoms with Crippen LogP contribution in [0.15, 0.2) is 28.7 Å². The molecule has 1 fully saturated rings. The van der Waals surface area contributed by atoms with Crippen LogP contribution in [0.5, 0.6) is 0 Å². The molecule has 0 bridgehead atoms. The number of hydrogen-bond donors (Lipinski definition) is 1. The number of likely N-dealkylation sites (tertiary alicyclic amines) is 1. The molecule has 1 aromatic rings. The van der Waals surface area contributed by atoms with Gasteiger partial charge in [-0.3, -0.25) is 4.79 Å². The summed E-state index contributed by atoms with van der Waals surface area (Å²) in [6.07, 6.45) is 2.17. The van der Waals surface area contributed by atoms with Gasteiger partial charge >= 0.3 is 0 Å². The minimum Gasteiger partial charge on any atom is -0.336 e. The van der Waals surface area contributed by atoms with E-state index in [9.17, 15) is 4.79 Å². The lowest BCUT2D eigenvalue weighted by molar-refractivity contribution is 0.0567. The van der Waals surface area contributed by atoms with Crippen molar-refractivity contribution in [1.82, 2.24) is 4.90 Å². The van der Waals surface area contributed by atoms with Crippen molar-refractivity contribution in [3.05, 3.63) is 34.3 Å². The topological polar surface area (TPSA) is 46.3 Å². The molecular formula is C14H19BrN2O. The van der Waals surface area contributed by atoms with Crippen LogP contribution in [0.3, 0.4) is 0 Å². The van der Waals surface area contributed by atoms with Crippen LogP contribution < -0.4 is 5.73 Å². The van der Waals surface area contributed by atoms with Crippen LogP contribution in [-0.4, -0.2) is 29.9 Å². The average Bonchev–Trinajstić information content (AvgIpc) is 2.39. The highest BCUT2D eigenvalue weighted by Gasteiger charge is 2.28. The summed E-state index contributed by atoms with van der Waals surface area (Å²) in [7, 11) is 0. The molecule has 1 saturated heterocycles. The van der Waals surface area contributed by atoms with E-state index in [1.54, 1.807) is 0 Å². The summed E-state index contributed by atoms with van der Waals surface area (Å²) in [6.45, 7) is 3.56. The molecule has 0 aliphatic carbocycles. The molecule has 2 atom stereocenters. The molecule has 4 heteroatoms. The zero-order valence-electron chi connectivity index (χ0n) is 10.6. The van der Waals surface area contributed by atoms with Crippen LogP contribution in [0.2, 0.25) is 0 Å². The van der Waals surface area contributed by atoms with Crippen LogP contribution in [0, 0.1) is 5.92 Å². The van der Waals surface area contributed by atoms with Gasteiger partial charge in [-0.2, -0.15) is 0 Å². The third-order valence-electron chi connectivity index (χ3n) is 3.67. The van der Waals surface area contributed by atoms with E-state index in [4.69, 9.17) is 5.73 Å². The molecule has 1 amide bonds. The Kier molecular flexibility index (Phi) is 4.40. The van der Waals surface area contributed by atoms with Crippen molar-refractivity contribution >= 4 is 21.8 Å². The van der Waals surface area contributed by atoms with E-state index in [1.807, 2.05) is 29.2 Å². The fourth-order valence-corrected chi connectivity index (χ4v) is 2.68. The Labute approximate surface area is 116 Å². The third kappa shape index (κ3) is 2.93. The van der Waals surface area contributed by atoms with Gasteiger partial charge in [-0.1, -0.05) is 15.9 Å². The monoisotopic (exact) mass is 310 g/mol. The third-order valence-corrected chi connectivity index (χ3v) is 4.19. The van der Waals surface area contributed by atoms with Gasteiger partial charge in [0.2, 0.25) is 0 Å². The molecule has 2 rings (SSSR count). The van der Waals surface area contributed by atoms with Crippen LogP contribution in [0.1, 0.15) is 30.1 Å². The van der Waals surface area contributed by atoms with Gasteiger partial charge < -0.3 is 10.6 Å². The average molecular weight is 311 g/mol. The Bertz CT molecular complexity index is 418. The number of amides is 1. The molecule has 1 aliphatic heterocycles. The van der Waals surface area contributed by atoms with E-state index in [2.05, 4.69) is 22.9 Å². The fraction of sp³-hybridized carbons (Fsp3) is 0.500. The molecule has 1 aliphatic rings. The quantitative estimate of drug-likeness (QED) is 0.913. The number of rotatable bonds is 2. The van der Waals surface area contributed by atoms with Gasteiger partial charge in [0.05, 0.1) is 0 Å². The molecule has 98 valence electrons. The predicted molar refractivity (Wildman–Crippen MR) is 76.4 cm³/mol. The summed E-state index contributed by atoms with van der Waals surface area (Å²) in [5, 5.41) is 0. The van der Waals surface area contributed by atoms with Crippen LogP contribution in [-0.2, 0) is 0 Å². The molecule has 1 heterocycles. The number of carbonyl (C=O) groups is 1. The summed E-state index contributed by atoms with van der Waals surface area (Å²) in [5.74, 6) is 0.564. The Morgan fingerprint density at radius 3 is 2.67 bits per heavy atom. The number of nitrogens with two attached hydrogens (primary N) is 1. The zero-order valence-corrected chi connectivity index (χ0v) is 12.2. The standard InChI is InChI=1S/C14H19BrN2O/c1-10-2-3-11(8-16)9-17(10)14(18)12-4-6-13(15)7-5-12/h4-7,10-11H,2-3,8-9,16H2,1H3. The highest BCUT2D eigenvalue weighted by molar-refractivity contribution is 9.10. The molecule has 1 aromatic carbocycles. The lowest BCUT2D eigenvalue weighted by atomic mass is 9.93. The van der Waals surface area contributed by atoms with Crippen LogP contribution in [0.4, 0.5) is 0 Å². The maximum Gasteiger partial charge on any atom is 0.254 e. The number of carbonyl (C=O) groups excluding carboxylic acids is 1. The van der Waals surface area contributed by atoms with Gasteiger partial charge in [-0.15, -0.1) is 0 Å². The van der Waals surface area contributed by atoms with Crippen LogP contribution in [0.25, 0.3) is 0 Å². The summed E-state index contributed by atoms with van der Waals surface area (Å²) in [4.78, 5) is 14.4. The first-order valence-electron chi connectivity index (χ1n) is 6.38. The lowest BCUT2D eigenvalue weighted by Crippen LogP contribution is -2.47. The Morgan fingerprint density at radius 1 is 1.39 bits per heavy atom. The van der Waals surface area contributed by atoms with Crippen molar-refractivity contribution in [1.29, 1.82) is 0 Å². The maximum atomic E-state index is 12.5. The zero-order chi connectivity index (χ0) is 13.1. The van der Waals surface area contributed by atoms with Crippen LogP contribution >= 0.6 is 15.9 Å². The molecule has 2 N–H and O–H groups in total. The second-order valence-corrected chi connectivity index (χ2v) is 5.91. The van der Waals surface area contributed by atoms with Gasteiger partial charge in [0.15, 0.2) is 0 Å². The molecule has 0 spiro atoms. The summed E-state index contributed by atoms with van der Waals surface area (Å²) in [5.41, 5.74) is 6.48. The Balaban J connectivity index is 2.13. The first-order valence-corrected chi connectivity index (χ1v) is 7.17. The maximum absolute atomic E-state index is 12.5. The Morgan fingerprint density at radius 2 is 2.06 bits per heavy atom. The van der Waals surface area contributed by atoms with E-state index in [0.717, 1.165) is 29.4 Å². The van der Waals surface area contributed by atoms with Gasteiger partial charge in [0, 0.05) is 22.6 Å². The number of benzene rings is 1. The van der Waals surface area contributed by atoms with Crippen molar-refractivity contribution in [2.75, 3.05) is 13.1 Å². The van der Waals surface area contributed by atoms with Gasteiger partial charge in [0.25, 0.3) is 5.91 Å². The van der Waals surface area contributed by atoms with Gasteiger partial charge in [-0.25, -0.2) is 0 Å². The molecule has 0 saturated carbocycles. The normalized spacial score (nSPS) is 24.1. The predicted octanol–water partition coefficient (Wildman–Crippen LogP) is 2.65. The molecule has 3 nitrogen and oxygen atoms in total. The number of nitrogens with zero attached hydrogens (tertiary/aromatic N) is 1. The van der Waals surface area contributed by atoms with Crippen molar-refractivity contribution in [3.63, 3.8) is 0 Å². The molecule has 18 heavy (non-hydrogen) atoms. The smallest absolute Gasteiger partial charge is 0.254 e. The van der Waals surface area contributed by atoms with Crippen molar-refractivity contribution in [2.45, 2.75) is 25.8 Å². The molecule has 0 radical (unpaired) electrons. The first kappa shape index (κ1) is 13.6. The minimum atomic E-state index is 0.119. The van der Waals surface area contributed by atoms with Crippen molar-refractivity contribution < 1.29 is 4.79 Å². The molecule has 2 unspecified atom stereocenters.